The second-order valence-corrected chi connectivity index (χ2v) is 4.90. The average molecular weight is 202 g/mol. The summed E-state index contributed by atoms with van der Waals surface area (Å²) in [5.41, 5.74) is 1.35. The number of rotatable bonds is 2. The zero-order valence-corrected chi connectivity index (χ0v) is 8.61. The second-order valence-electron chi connectivity index (χ2n) is 4.90. The number of carbonyl (C=O) groups is 2. The van der Waals surface area contributed by atoms with E-state index in [1.807, 2.05) is 6.08 Å². The van der Waals surface area contributed by atoms with Crippen LogP contribution in [-0.4, -0.2) is 11.6 Å². The van der Waals surface area contributed by atoms with Gasteiger partial charge in [0.15, 0.2) is 0 Å². The van der Waals surface area contributed by atoms with E-state index in [2.05, 4.69) is 12.7 Å². The lowest BCUT2D eigenvalue weighted by molar-refractivity contribution is -0.123. The molecule has 2 fully saturated rings. The highest BCUT2D eigenvalue weighted by molar-refractivity contribution is 6.09. The van der Waals surface area contributed by atoms with Crippen molar-refractivity contribution in [2.75, 3.05) is 0 Å². The Morgan fingerprint density at radius 2 is 2.07 bits per heavy atom. The number of ketones is 2. The SMILES string of the molecule is C=CCC1=CC2CC1C1C(=O)CC(=O)C21. The molecule has 0 heterocycles. The maximum absolute atomic E-state index is 11.7. The van der Waals surface area contributed by atoms with Crippen LogP contribution in [-0.2, 0) is 9.59 Å². The van der Waals surface area contributed by atoms with Crippen molar-refractivity contribution in [1.82, 2.24) is 0 Å². The predicted molar refractivity (Wildman–Crippen MR) is 56.1 cm³/mol. The molecular weight excluding hydrogens is 188 g/mol. The molecule has 0 radical (unpaired) electrons. The highest BCUT2D eigenvalue weighted by Crippen LogP contribution is 2.56. The van der Waals surface area contributed by atoms with Gasteiger partial charge in [0.05, 0.1) is 6.42 Å². The van der Waals surface area contributed by atoms with E-state index in [9.17, 15) is 9.59 Å². The molecule has 0 N–H and O–H groups in total. The first kappa shape index (κ1) is 9.08. The summed E-state index contributed by atoms with van der Waals surface area (Å²) in [6, 6.07) is 0. The number of carbonyl (C=O) groups excluding carboxylic acids is 2. The van der Waals surface area contributed by atoms with Crippen LogP contribution in [0.1, 0.15) is 19.3 Å². The summed E-state index contributed by atoms with van der Waals surface area (Å²) in [6.07, 6.45) is 6.21. The van der Waals surface area contributed by atoms with Gasteiger partial charge in [-0.2, -0.15) is 0 Å². The third-order valence-corrected chi connectivity index (χ3v) is 4.18. The molecule has 78 valence electrons. The predicted octanol–water partition coefficient (Wildman–Crippen LogP) is 1.91. The first-order valence-corrected chi connectivity index (χ1v) is 5.59. The van der Waals surface area contributed by atoms with E-state index in [0.29, 0.717) is 11.8 Å². The van der Waals surface area contributed by atoms with Crippen molar-refractivity contribution in [1.29, 1.82) is 0 Å². The Morgan fingerprint density at radius 3 is 2.80 bits per heavy atom. The van der Waals surface area contributed by atoms with Gasteiger partial charge >= 0.3 is 0 Å². The van der Waals surface area contributed by atoms with E-state index in [0.717, 1.165) is 12.8 Å². The Labute approximate surface area is 89.0 Å². The average Bonchev–Trinajstić information content (AvgIpc) is 2.80. The summed E-state index contributed by atoms with van der Waals surface area (Å²) in [7, 11) is 0. The summed E-state index contributed by atoms with van der Waals surface area (Å²) in [5.74, 6) is 1.16. The number of allylic oxidation sites excluding steroid dienone is 3. The quantitative estimate of drug-likeness (QED) is 0.506. The molecule has 4 atom stereocenters. The van der Waals surface area contributed by atoms with Crippen molar-refractivity contribution in [3.8, 4) is 0 Å². The molecule has 0 saturated heterocycles. The van der Waals surface area contributed by atoms with Gasteiger partial charge in [0.25, 0.3) is 0 Å². The first-order valence-electron chi connectivity index (χ1n) is 5.59. The summed E-state index contributed by atoms with van der Waals surface area (Å²) >= 11 is 0. The van der Waals surface area contributed by atoms with Crippen LogP contribution in [0, 0.1) is 23.7 Å². The van der Waals surface area contributed by atoms with E-state index in [1.165, 1.54) is 5.57 Å². The lowest BCUT2D eigenvalue weighted by Crippen LogP contribution is -2.24. The van der Waals surface area contributed by atoms with E-state index in [1.54, 1.807) is 0 Å². The van der Waals surface area contributed by atoms with Crippen molar-refractivity contribution in [2.24, 2.45) is 23.7 Å². The largest absolute Gasteiger partial charge is 0.299 e. The Morgan fingerprint density at radius 1 is 1.33 bits per heavy atom. The normalized spacial score (nSPS) is 42.0. The Balaban J connectivity index is 1.96. The molecule has 2 bridgehead atoms. The molecule has 2 nitrogen and oxygen atoms in total. The van der Waals surface area contributed by atoms with Crippen LogP contribution in [0.4, 0.5) is 0 Å². The fourth-order valence-electron chi connectivity index (χ4n) is 3.71. The first-order chi connectivity index (χ1) is 7.22. The van der Waals surface area contributed by atoms with Crippen molar-refractivity contribution < 1.29 is 9.59 Å². The van der Waals surface area contributed by atoms with Crippen LogP contribution in [0.25, 0.3) is 0 Å². The number of hydrogen-bond donors (Lipinski definition) is 0. The number of Topliss-reactive ketones (excluding diaryl/α,β-unsaturated/α-hetero) is 2. The lowest BCUT2D eigenvalue weighted by Gasteiger charge is -2.22. The van der Waals surface area contributed by atoms with Crippen LogP contribution < -0.4 is 0 Å². The minimum atomic E-state index is 0.0300. The number of hydrogen-bond acceptors (Lipinski definition) is 2. The zero-order valence-electron chi connectivity index (χ0n) is 8.61. The van der Waals surface area contributed by atoms with Crippen LogP contribution in [0.2, 0.25) is 0 Å². The summed E-state index contributed by atoms with van der Waals surface area (Å²) in [5, 5.41) is 0. The van der Waals surface area contributed by atoms with Gasteiger partial charge in [0.2, 0.25) is 0 Å². The molecule has 4 unspecified atom stereocenters. The maximum Gasteiger partial charge on any atom is 0.144 e. The van der Waals surface area contributed by atoms with Gasteiger partial charge in [-0.1, -0.05) is 17.7 Å². The third-order valence-electron chi connectivity index (χ3n) is 4.18. The molecule has 0 aromatic rings. The lowest BCUT2D eigenvalue weighted by atomic mass is 9.80. The molecular formula is C13H14O2. The molecule has 0 aliphatic heterocycles. The summed E-state index contributed by atoms with van der Waals surface area (Å²) < 4.78 is 0. The van der Waals surface area contributed by atoms with Gasteiger partial charge in [-0.3, -0.25) is 9.59 Å². The molecule has 0 amide bonds. The van der Waals surface area contributed by atoms with Gasteiger partial charge in [0.1, 0.15) is 11.6 Å². The zero-order chi connectivity index (χ0) is 10.6. The van der Waals surface area contributed by atoms with Crippen LogP contribution in [0.15, 0.2) is 24.3 Å². The second kappa shape index (κ2) is 2.91. The molecule has 3 aliphatic carbocycles. The molecule has 2 saturated carbocycles. The highest BCUT2D eigenvalue weighted by atomic mass is 16.2. The molecule has 3 aliphatic rings. The van der Waals surface area contributed by atoms with E-state index in [4.69, 9.17) is 0 Å². The molecule has 15 heavy (non-hydrogen) atoms. The standard InChI is InChI=1S/C13H14O2/c1-2-3-7-4-8-5-9(7)13-11(15)6-10(14)12(8)13/h2,4,8-9,12-13H,1,3,5-6H2. The topological polar surface area (TPSA) is 34.1 Å². The van der Waals surface area contributed by atoms with Crippen molar-refractivity contribution in [3.63, 3.8) is 0 Å². The van der Waals surface area contributed by atoms with Gasteiger partial charge in [-0.15, -0.1) is 6.58 Å². The summed E-state index contributed by atoms with van der Waals surface area (Å²) in [4.78, 5) is 23.4. The maximum atomic E-state index is 11.7. The molecule has 0 spiro atoms. The van der Waals surface area contributed by atoms with Gasteiger partial charge in [0, 0.05) is 11.8 Å². The Bertz CT molecular complexity index is 391. The number of fused-ring (bicyclic) bond motifs is 5. The van der Waals surface area contributed by atoms with Crippen LogP contribution in [0.5, 0.6) is 0 Å². The highest BCUT2D eigenvalue weighted by Gasteiger charge is 2.57. The van der Waals surface area contributed by atoms with Gasteiger partial charge in [-0.25, -0.2) is 0 Å². The third kappa shape index (κ3) is 1.05. The van der Waals surface area contributed by atoms with Crippen LogP contribution >= 0.6 is 0 Å². The van der Waals surface area contributed by atoms with Gasteiger partial charge < -0.3 is 0 Å². The fraction of sp³-hybridized carbons (Fsp3) is 0.538. The van der Waals surface area contributed by atoms with Crippen molar-refractivity contribution in [3.05, 3.63) is 24.3 Å². The monoisotopic (exact) mass is 202 g/mol. The van der Waals surface area contributed by atoms with E-state index >= 15 is 0 Å². The molecule has 0 aromatic carbocycles. The van der Waals surface area contributed by atoms with Crippen molar-refractivity contribution in [2.45, 2.75) is 19.3 Å². The fourth-order valence-corrected chi connectivity index (χ4v) is 3.71. The minimum absolute atomic E-state index is 0.0300. The summed E-state index contributed by atoms with van der Waals surface area (Å²) in [6.45, 7) is 3.73. The van der Waals surface area contributed by atoms with Crippen LogP contribution in [0.3, 0.4) is 0 Å². The van der Waals surface area contributed by atoms with Gasteiger partial charge in [-0.05, 0) is 24.7 Å². The van der Waals surface area contributed by atoms with E-state index < -0.39 is 0 Å². The smallest absolute Gasteiger partial charge is 0.144 e. The van der Waals surface area contributed by atoms with Crippen molar-refractivity contribution >= 4 is 11.6 Å². The Hall–Kier alpha value is -1.18. The molecule has 2 heteroatoms. The molecule has 0 aromatic heterocycles. The minimum Gasteiger partial charge on any atom is -0.299 e. The molecule has 3 rings (SSSR count). The Kier molecular flexibility index (Phi) is 1.76. The van der Waals surface area contributed by atoms with E-state index in [-0.39, 0.29) is 29.8 Å².